The minimum atomic E-state index is 0.157. The number of hydrogen-bond acceptors (Lipinski definition) is 4. The van der Waals surface area contributed by atoms with E-state index in [1.54, 1.807) is 0 Å². The van der Waals surface area contributed by atoms with Crippen molar-refractivity contribution in [2.75, 3.05) is 5.73 Å². The van der Waals surface area contributed by atoms with E-state index in [1.165, 1.54) is 0 Å². The van der Waals surface area contributed by atoms with Crippen molar-refractivity contribution in [1.29, 1.82) is 0 Å². The van der Waals surface area contributed by atoms with E-state index in [0.717, 1.165) is 0 Å². The van der Waals surface area contributed by atoms with Gasteiger partial charge < -0.3 is 5.73 Å². The fourth-order valence-corrected chi connectivity index (χ4v) is 0.734. The summed E-state index contributed by atoms with van der Waals surface area (Å²) in [4.78, 5) is 3.75. The molecule has 9 heavy (non-hydrogen) atoms. The highest BCUT2D eigenvalue weighted by Crippen LogP contribution is 2.16. The molecule has 1 aromatic rings. The topological polar surface area (TPSA) is 64.7 Å². The van der Waals surface area contributed by atoms with E-state index >= 15 is 0 Å². The van der Waals surface area contributed by atoms with Crippen LogP contribution in [0.2, 0.25) is 0 Å². The standard InChI is InChI=1S/C3H2Br2N4/c4-1-2(5)8-9-3(6)7-1/h(H2,6,7,9). The van der Waals surface area contributed by atoms with Crippen LogP contribution in [0.3, 0.4) is 0 Å². The number of aromatic nitrogens is 3. The third kappa shape index (κ3) is 1.59. The molecule has 0 aromatic carbocycles. The van der Waals surface area contributed by atoms with Crippen molar-refractivity contribution < 1.29 is 0 Å². The highest BCUT2D eigenvalue weighted by molar-refractivity contribution is 9.13. The molecule has 48 valence electrons. The number of nitrogen functional groups attached to an aromatic ring is 1. The van der Waals surface area contributed by atoms with Crippen LogP contribution in [-0.4, -0.2) is 15.2 Å². The Hall–Kier alpha value is -0.230. The first-order valence-electron chi connectivity index (χ1n) is 2.01. The highest BCUT2D eigenvalue weighted by Gasteiger charge is 1.98. The number of hydrogen-bond donors (Lipinski definition) is 1. The van der Waals surface area contributed by atoms with Crippen LogP contribution in [0.25, 0.3) is 0 Å². The van der Waals surface area contributed by atoms with E-state index in [9.17, 15) is 0 Å². The number of anilines is 1. The second-order valence-electron chi connectivity index (χ2n) is 1.25. The summed E-state index contributed by atoms with van der Waals surface area (Å²) in [7, 11) is 0. The summed E-state index contributed by atoms with van der Waals surface area (Å²) in [5.41, 5.74) is 5.19. The van der Waals surface area contributed by atoms with E-state index in [0.29, 0.717) is 9.21 Å². The number of nitrogens with zero attached hydrogens (tertiary/aromatic N) is 3. The Morgan fingerprint density at radius 3 is 2.22 bits per heavy atom. The minimum Gasteiger partial charge on any atom is -0.366 e. The van der Waals surface area contributed by atoms with Crippen molar-refractivity contribution in [3.05, 3.63) is 9.21 Å². The number of halogens is 2. The predicted molar refractivity (Wildman–Crippen MR) is 39.6 cm³/mol. The molecule has 0 atom stereocenters. The summed E-state index contributed by atoms with van der Waals surface area (Å²) in [5, 5.41) is 7.09. The Balaban J connectivity index is 3.17. The maximum atomic E-state index is 5.19. The molecule has 1 aromatic heterocycles. The Morgan fingerprint density at radius 2 is 1.78 bits per heavy atom. The quantitative estimate of drug-likeness (QED) is 0.749. The molecule has 0 saturated heterocycles. The molecule has 2 N–H and O–H groups in total. The van der Waals surface area contributed by atoms with Crippen molar-refractivity contribution in [2.45, 2.75) is 0 Å². The Bertz CT molecular complexity index is 225. The predicted octanol–water partition coefficient (Wildman–Crippen LogP) is 0.979. The van der Waals surface area contributed by atoms with Gasteiger partial charge in [0, 0.05) is 0 Å². The molecular weight excluding hydrogens is 252 g/mol. The lowest BCUT2D eigenvalue weighted by Gasteiger charge is -1.91. The van der Waals surface area contributed by atoms with Gasteiger partial charge in [0.15, 0.2) is 4.60 Å². The lowest BCUT2D eigenvalue weighted by Crippen LogP contribution is -1.97. The van der Waals surface area contributed by atoms with E-state index < -0.39 is 0 Å². The minimum absolute atomic E-state index is 0.157. The Morgan fingerprint density at radius 1 is 1.11 bits per heavy atom. The van der Waals surface area contributed by atoms with Crippen molar-refractivity contribution in [3.8, 4) is 0 Å². The first-order valence-corrected chi connectivity index (χ1v) is 3.60. The van der Waals surface area contributed by atoms with Crippen LogP contribution in [0.15, 0.2) is 9.21 Å². The molecule has 0 aliphatic carbocycles. The van der Waals surface area contributed by atoms with Crippen molar-refractivity contribution in [3.63, 3.8) is 0 Å². The summed E-state index contributed by atoms with van der Waals surface area (Å²) in [5.74, 6) is 0.157. The van der Waals surface area contributed by atoms with Gasteiger partial charge in [-0.2, -0.15) is 0 Å². The smallest absolute Gasteiger partial charge is 0.241 e. The fourth-order valence-electron chi connectivity index (χ4n) is 0.305. The van der Waals surface area contributed by atoms with E-state index in [-0.39, 0.29) is 5.95 Å². The molecule has 0 radical (unpaired) electrons. The highest BCUT2D eigenvalue weighted by atomic mass is 79.9. The molecule has 1 heterocycles. The van der Waals surface area contributed by atoms with Crippen molar-refractivity contribution >= 4 is 37.8 Å². The van der Waals surface area contributed by atoms with Gasteiger partial charge in [0.05, 0.1) is 0 Å². The summed E-state index contributed by atoms with van der Waals surface area (Å²) < 4.78 is 1.12. The zero-order valence-electron chi connectivity index (χ0n) is 4.17. The Kier molecular flexibility index (Phi) is 1.97. The summed E-state index contributed by atoms with van der Waals surface area (Å²) in [6, 6.07) is 0. The second kappa shape index (κ2) is 2.57. The van der Waals surface area contributed by atoms with Gasteiger partial charge in [-0.3, -0.25) is 0 Å². The largest absolute Gasteiger partial charge is 0.366 e. The third-order valence-electron chi connectivity index (χ3n) is 0.623. The monoisotopic (exact) mass is 252 g/mol. The van der Waals surface area contributed by atoms with Gasteiger partial charge in [-0.15, -0.1) is 10.2 Å². The first kappa shape index (κ1) is 6.88. The van der Waals surface area contributed by atoms with E-state index in [4.69, 9.17) is 5.73 Å². The van der Waals surface area contributed by atoms with Crippen LogP contribution >= 0.6 is 31.9 Å². The third-order valence-corrected chi connectivity index (χ3v) is 2.24. The van der Waals surface area contributed by atoms with Gasteiger partial charge in [-0.25, -0.2) is 4.98 Å². The molecular formula is C3H2Br2N4. The van der Waals surface area contributed by atoms with Gasteiger partial charge in [0.25, 0.3) is 0 Å². The molecule has 4 nitrogen and oxygen atoms in total. The van der Waals surface area contributed by atoms with Crippen LogP contribution in [0.5, 0.6) is 0 Å². The van der Waals surface area contributed by atoms with Crippen LogP contribution in [0.4, 0.5) is 5.95 Å². The van der Waals surface area contributed by atoms with Gasteiger partial charge >= 0.3 is 0 Å². The lowest BCUT2D eigenvalue weighted by atomic mass is 10.9. The molecule has 0 saturated carbocycles. The molecule has 0 amide bonds. The zero-order chi connectivity index (χ0) is 6.85. The summed E-state index contributed by atoms with van der Waals surface area (Å²) in [6.07, 6.45) is 0. The van der Waals surface area contributed by atoms with Crippen molar-refractivity contribution in [1.82, 2.24) is 15.2 Å². The molecule has 0 aliphatic heterocycles. The van der Waals surface area contributed by atoms with Crippen LogP contribution in [-0.2, 0) is 0 Å². The van der Waals surface area contributed by atoms with Crippen LogP contribution < -0.4 is 5.73 Å². The molecule has 6 heteroatoms. The van der Waals surface area contributed by atoms with E-state index in [1.807, 2.05) is 0 Å². The van der Waals surface area contributed by atoms with Crippen LogP contribution in [0.1, 0.15) is 0 Å². The average Bonchev–Trinajstić information content (AvgIpc) is 1.80. The molecule has 0 bridgehead atoms. The molecule has 0 unspecified atom stereocenters. The average molecular weight is 254 g/mol. The molecule has 0 aliphatic rings. The molecule has 1 rings (SSSR count). The molecule has 0 spiro atoms. The van der Waals surface area contributed by atoms with Gasteiger partial charge in [-0.1, -0.05) is 0 Å². The number of rotatable bonds is 0. The van der Waals surface area contributed by atoms with Gasteiger partial charge in [-0.05, 0) is 31.9 Å². The summed E-state index contributed by atoms with van der Waals surface area (Å²) in [6.45, 7) is 0. The fraction of sp³-hybridized carbons (Fsp3) is 0. The molecule has 0 fully saturated rings. The lowest BCUT2D eigenvalue weighted by molar-refractivity contribution is 0.945. The maximum absolute atomic E-state index is 5.19. The normalized spacial score (nSPS) is 9.56. The van der Waals surface area contributed by atoms with Gasteiger partial charge in [0.2, 0.25) is 5.95 Å². The summed E-state index contributed by atoms with van der Waals surface area (Å²) >= 11 is 6.20. The maximum Gasteiger partial charge on any atom is 0.241 e. The van der Waals surface area contributed by atoms with Crippen molar-refractivity contribution in [2.24, 2.45) is 0 Å². The Labute approximate surface area is 68.1 Å². The first-order chi connectivity index (χ1) is 4.20. The van der Waals surface area contributed by atoms with E-state index in [2.05, 4.69) is 47.0 Å². The SMILES string of the molecule is Nc1nnc(Br)c(Br)n1. The number of nitrogens with two attached hydrogens (primary N) is 1. The zero-order valence-corrected chi connectivity index (χ0v) is 7.35. The second-order valence-corrected chi connectivity index (χ2v) is 2.75. The van der Waals surface area contributed by atoms with Gasteiger partial charge in [0.1, 0.15) is 4.60 Å². The van der Waals surface area contributed by atoms with Crippen LogP contribution in [0, 0.1) is 0 Å².